The Bertz CT molecular complexity index is 369. The van der Waals surface area contributed by atoms with Gasteiger partial charge in [-0.05, 0) is 48.8 Å². The minimum absolute atomic E-state index is 0.631. The molecule has 19 heavy (non-hydrogen) atoms. The average molecular weight is 283 g/mol. The number of benzene rings is 1. The van der Waals surface area contributed by atoms with Crippen molar-refractivity contribution in [3.8, 4) is 11.5 Å². The van der Waals surface area contributed by atoms with Crippen molar-refractivity contribution in [3.63, 3.8) is 0 Å². The third kappa shape index (κ3) is 4.96. The molecule has 0 radical (unpaired) electrons. The molecule has 0 spiro atoms. The lowest BCUT2D eigenvalue weighted by molar-refractivity contribution is 0.375. The number of thioether (sulfide) groups is 1. The van der Waals surface area contributed by atoms with E-state index in [4.69, 9.17) is 15.2 Å². The Hall–Kier alpha value is -0.870. The van der Waals surface area contributed by atoms with Crippen LogP contribution in [0.15, 0.2) is 17.0 Å². The SMILES string of the molecule is COc1cc(CCN)cc(OC)c1SCCC(C)C. The first kappa shape index (κ1) is 16.2. The monoisotopic (exact) mass is 283 g/mol. The van der Waals surface area contributed by atoms with Crippen LogP contribution in [0, 0.1) is 5.92 Å². The molecule has 0 heterocycles. The highest BCUT2D eigenvalue weighted by atomic mass is 32.2. The minimum atomic E-state index is 0.631. The van der Waals surface area contributed by atoms with Crippen molar-refractivity contribution < 1.29 is 9.47 Å². The van der Waals surface area contributed by atoms with Crippen LogP contribution in [0.5, 0.6) is 11.5 Å². The number of methoxy groups -OCH3 is 2. The predicted molar refractivity (Wildman–Crippen MR) is 82.5 cm³/mol. The quantitative estimate of drug-likeness (QED) is 0.743. The maximum Gasteiger partial charge on any atom is 0.136 e. The topological polar surface area (TPSA) is 44.5 Å². The normalized spacial score (nSPS) is 10.8. The number of hydrogen-bond acceptors (Lipinski definition) is 4. The first-order valence-electron chi connectivity index (χ1n) is 6.70. The van der Waals surface area contributed by atoms with E-state index in [2.05, 4.69) is 26.0 Å². The molecule has 108 valence electrons. The molecule has 2 N–H and O–H groups in total. The van der Waals surface area contributed by atoms with Gasteiger partial charge in [0.2, 0.25) is 0 Å². The van der Waals surface area contributed by atoms with Crippen LogP contribution in [0.2, 0.25) is 0 Å². The summed E-state index contributed by atoms with van der Waals surface area (Å²) < 4.78 is 11.0. The van der Waals surface area contributed by atoms with Crippen LogP contribution in [0.3, 0.4) is 0 Å². The van der Waals surface area contributed by atoms with E-state index < -0.39 is 0 Å². The molecule has 0 aliphatic heterocycles. The zero-order valence-electron chi connectivity index (χ0n) is 12.4. The summed E-state index contributed by atoms with van der Waals surface area (Å²) in [6.45, 7) is 5.10. The van der Waals surface area contributed by atoms with Gasteiger partial charge in [-0.2, -0.15) is 0 Å². The maximum atomic E-state index is 5.61. The average Bonchev–Trinajstić information content (AvgIpc) is 2.39. The molecule has 0 saturated heterocycles. The van der Waals surface area contributed by atoms with Gasteiger partial charge in [-0.3, -0.25) is 0 Å². The minimum Gasteiger partial charge on any atom is -0.495 e. The summed E-state index contributed by atoms with van der Waals surface area (Å²) in [6.07, 6.45) is 2.02. The van der Waals surface area contributed by atoms with Crippen molar-refractivity contribution in [3.05, 3.63) is 17.7 Å². The van der Waals surface area contributed by atoms with E-state index >= 15 is 0 Å². The molecule has 0 bridgehead atoms. The van der Waals surface area contributed by atoms with E-state index in [0.717, 1.165) is 34.1 Å². The molecule has 0 aliphatic carbocycles. The first-order valence-corrected chi connectivity index (χ1v) is 7.68. The molecule has 0 aromatic heterocycles. The van der Waals surface area contributed by atoms with E-state index in [9.17, 15) is 0 Å². The molecule has 0 atom stereocenters. The molecule has 0 fully saturated rings. The molecule has 0 aliphatic rings. The highest BCUT2D eigenvalue weighted by molar-refractivity contribution is 7.99. The van der Waals surface area contributed by atoms with E-state index in [0.29, 0.717) is 12.5 Å². The summed E-state index contributed by atoms with van der Waals surface area (Å²) in [6, 6.07) is 4.13. The summed E-state index contributed by atoms with van der Waals surface area (Å²) in [4.78, 5) is 1.09. The van der Waals surface area contributed by atoms with Crippen molar-refractivity contribution in [1.82, 2.24) is 0 Å². The Labute approximate surface area is 120 Å². The van der Waals surface area contributed by atoms with Gasteiger partial charge in [-0.1, -0.05) is 13.8 Å². The molecule has 1 aromatic carbocycles. The van der Waals surface area contributed by atoms with Crippen LogP contribution < -0.4 is 15.2 Å². The Kier molecular flexibility index (Phi) is 7.10. The molecule has 0 saturated carbocycles. The van der Waals surface area contributed by atoms with Crippen LogP contribution in [0.4, 0.5) is 0 Å². The second-order valence-electron chi connectivity index (χ2n) is 4.90. The standard InChI is InChI=1S/C15H25NO2S/c1-11(2)6-8-19-15-13(17-3)9-12(5-7-16)10-14(15)18-4/h9-11H,5-8,16H2,1-4H3. The fourth-order valence-electron chi connectivity index (χ4n) is 1.78. The van der Waals surface area contributed by atoms with Gasteiger partial charge in [0.1, 0.15) is 11.5 Å². The second kappa shape index (κ2) is 8.33. The van der Waals surface area contributed by atoms with Crippen LogP contribution in [-0.2, 0) is 6.42 Å². The number of hydrogen-bond donors (Lipinski definition) is 1. The number of nitrogens with two attached hydrogens (primary N) is 1. The number of rotatable bonds is 8. The van der Waals surface area contributed by atoms with Gasteiger partial charge in [-0.25, -0.2) is 0 Å². The second-order valence-corrected chi connectivity index (χ2v) is 6.00. The Balaban J connectivity index is 2.92. The first-order chi connectivity index (χ1) is 9.12. The van der Waals surface area contributed by atoms with Crippen LogP contribution in [0.25, 0.3) is 0 Å². The summed E-state index contributed by atoms with van der Waals surface area (Å²) in [5, 5.41) is 0. The van der Waals surface area contributed by atoms with E-state index in [1.165, 1.54) is 6.42 Å². The molecular weight excluding hydrogens is 258 g/mol. The molecular formula is C15H25NO2S. The fraction of sp³-hybridized carbons (Fsp3) is 0.600. The van der Waals surface area contributed by atoms with Crippen LogP contribution >= 0.6 is 11.8 Å². The Morgan fingerprint density at radius 2 is 1.74 bits per heavy atom. The van der Waals surface area contributed by atoms with Crippen molar-refractivity contribution in [2.75, 3.05) is 26.5 Å². The highest BCUT2D eigenvalue weighted by Gasteiger charge is 2.13. The summed E-state index contributed by atoms with van der Waals surface area (Å²) in [7, 11) is 3.40. The fourth-order valence-corrected chi connectivity index (χ4v) is 3.15. The molecule has 1 aromatic rings. The molecule has 3 nitrogen and oxygen atoms in total. The third-order valence-electron chi connectivity index (χ3n) is 2.90. The summed E-state index contributed by atoms with van der Waals surface area (Å²) >= 11 is 1.80. The molecule has 0 unspecified atom stereocenters. The van der Waals surface area contributed by atoms with Gasteiger partial charge in [0, 0.05) is 0 Å². The van der Waals surface area contributed by atoms with Crippen LogP contribution in [-0.4, -0.2) is 26.5 Å². The Morgan fingerprint density at radius 3 is 2.16 bits per heavy atom. The van der Waals surface area contributed by atoms with Gasteiger partial charge in [-0.15, -0.1) is 11.8 Å². The smallest absolute Gasteiger partial charge is 0.136 e. The lowest BCUT2D eigenvalue weighted by Crippen LogP contribution is -2.04. The van der Waals surface area contributed by atoms with E-state index in [1.54, 1.807) is 26.0 Å². The van der Waals surface area contributed by atoms with E-state index in [-0.39, 0.29) is 0 Å². The van der Waals surface area contributed by atoms with Gasteiger partial charge in [0.15, 0.2) is 0 Å². The largest absolute Gasteiger partial charge is 0.495 e. The van der Waals surface area contributed by atoms with Gasteiger partial charge < -0.3 is 15.2 Å². The van der Waals surface area contributed by atoms with Crippen molar-refractivity contribution in [2.45, 2.75) is 31.6 Å². The van der Waals surface area contributed by atoms with Crippen molar-refractivity contribution in [2.24, 2.45) is 11.7 Å². The molecule has 0 amide bonds. The summed E-state index contributed by atoms with van der Waals surface area (Å²) in [5.74, 6) is 3.55. The Morgan fingerprint density at radius 1 is 1.16 bits per heavy atom. The molecule has 1 rings (SSSR count). The zero-order valence-corrected chi connectivity index (χ0v) is 13.2. The van der Waals surface area contributed by atoms with Gasteiger partial charge >= 0.3 is 0 Å². The third-order valence-corrected chi connectivity index (χ3v) is 4.03. The lowest BCUT2D eigenvalue weighted by atomic mass is 10.1. The van der Waals surface area contributed by atoms with Crippen LogP contribution in [0.1, 0.15) is 25.8 Å². The van der Waals surface area contributed by atoms with Crippen molar-refractivity contribution in [1.29, 1.82) is 0 Å². The van der Waals surface area contributed by atoms with Gasteiger partial charge in [0.05, 0.1) is 19.1 Å². The predicted octanol–water partition coefficient (Wildman–Crippen LogP) is 3.34. The lowest BCUT2D eigenvalue weighted by Gasteiger charge is -2.15. The zero-order chi connectivity index (χ0) is 14.3. The summed E-state index contributed by atoms with van der Waals surface area (Å²) in [5.41, 5.74) is 6.77. The number of ether oxygens (including phenoxy) is 2. The van der Waals surface area contributed by atoms with Crippen molar-refractivity contribution >= 4 is 11.8 Å². The van der Waals surface area contributed by atoms with E-state index in [1.807, 2.05) is 0 Å². The highest BCUT2D eigenvalue weighted by Crippen LogP contribution is 2.39. The van der Waals surface area contributed by atoms with Gasteiger partial charge in [0.25, 0.3) is 0 Å². The molecule has 4 heteroatoms. The maximum absolute atomic E-state index is 5.61.